The van der Waals surface area contributed by atoms with E-state index in [0.717, 1.165) is 6.54 Å². The van der Waals surface area contributed by atoms with Gasteiger partial charge in [0.1, 0.15) is 0 Å². The van der Waals surface area contributed by atoms with Gasteiger partial charge in [0.25, 0.3) is 0 Å². The van der Waals surface area contributed by atoms with Crippen molar-refractivity contribution in [1.29, 1.82) is 0 Å². The molecule has 0 atom stereocenters. The molecular formula is C15H20N2. The Balaban J connectivity index is 2.35. The maximum absolute atomic E-state index is 5.99. The van der Waals surface area contributed by atoms with Crippen LogP contribution in [0.25, 0.3) is 10.9 Å². The van der Waals surface area contributed by atoms with Crippen molar-refractivity contribution in [2.45, 2.75) is 32.1 Å². The Morgan fingerprint density at radius 2 is 2.00 bits per heavy atom. The van der Waals surface area contributed by atoms with Crippen molar-refractivity contribution in [3.05, 3.63) is 35.0 Å². The van der Waals surface area contributed by atoms with Crippen LogP contribution in [0.1, 0.15) is 29.7 Å². The largest absolute Gasteiger partial charge is 0.348 e. The monoisotopic (exact) mass is 228 g/mol. The number of aromatic nitrogens is 1. The van der Waals surface area contributed by atoms with Gasteiger partial charge in [-0.25, -0.2) is 0 Å². The summed E-state index contributed by atoms with van der Waals surface area (Å²) in [6, 6.07) is 6.75. The van der Waals surface area contributed by atoms with Crippen LogP contribution in [0.2, 0.25) is 0 Å². The van der Waals surface area contributed by atoms with Gasteiger partial charge in [-0.3, -0.25) is 0 Å². The molecule has 1 fully saturated rings. The summed E-state index contributed by atoms with van der Waals surface area (Å²) in [5.41, 5.74) is 11.8. The molecule has 2 N–H and O–H groups in total. The molecule has 0 spiro atoms. The second kappa shape index (κ2) is 3.36. The molecule has 2 aromatic rings. The van der Waals surface area contributed by atoms with Crippen LogP contribution >= 0.6 is 0 Å². The van der Waals surface area contributed by atoms with Gasteiger partial charge in [-0.05, 0) is 43.9 Å². The molecule has 1 aromatic heterocycles. The topological polar surface area (TPSA) is 30.9 Å². The quantitative estimate of drug-likeness (QED) is 0.842. The van der Waals surface area contributed by atoms with Gasteiger partial charge in [0.2, 0.25) is 0 Å². The minimum absolute atomic E-state index is 0.277. The summed E-state index contributed by atoms with van der Waals surface area (Å²) in [6.45, 7) is 5.15. The zero-order valence-corrected chi connectivity index (χ0v) is 10.9. The van der Waals surface area contributed by atoms with Gasteiger partial charge in [-0.15, -0.1) is 0 Å². The Morgan fingerprint density at radius 1 is 1.29 bits per heavy atom. The third-order valence-electron chi connectivity index (χ3n) is 4.42. The van der Waals surface area contributed by atoms with Crippen LogP contribution in [0.3, 0.4) is 0 Å². The molecule has 1 heterocycles. The number of fused-ring (bicyclic) bond motifs is 1. The standard InChI is InChI=1S/C15H20N2/c1-10-4-5-12-13(8-10)17(3)11(2)14(12)15(9-16)6-7-15/h4-5,8H,6-7,9,16H2,1-3H3. The smallest absolute Gasteiger partial charge is 0.0485 e. The van der Waals surface area contributed by atoms with Gasteiger partial charge in [0.15, 0.2) is 0 Å². The summed E-state index contributed by atoms with van der Waals surface area (Å²) in [5.74, 6) is 0. The lowest BCUT2D eigenvalue weighted by Crippen LogP contribution is -2.20. The molecule has 0 saturated heterocycles. The number of nitrogens with two attached hydrogens (primary N) is 1. The van der Waals surface area contributed by atoms with Gasteiger partial charge in [-0.1, -0.05) is 12.1 Å². The fourth-order valence-electron chi connectivity index (χ4n) is 3.05. The van der Waals surface area contributed by atoms with Crippen LogP contribution in [0.5, 0.6) is 0 Å². The van der Waals surface area contributed by atoms with Crippen LogP contribution in [0.15, 0.2) is 18.2 Å². The molecule has 1 saturated carbocycles. The molecule has 90 valence electrons. The second-order valence-corrected chi connectivity index (χ2v) is 5.52. The van der Waals surface area contributed by atoms with Crippen molar-refractivity contribution in [3.63, 3.8) is 0 Å². The number of rotatable bonds is 2. The molecule has 1 aromatic carbocycles. The van der Waals surface area contributed by atoms with Gasteiger partial charge in [-0.2, -0.15) is 0 Å². The zero-order valence-electron chi connectivity index (χ0n) is 10.9. The minimum Gasteiger partial charge on any atom is -0.348 e. The van der Waals surface area contributed by atoms with Crippen LogP contribution in [-0.2, 0) is 12.5 Å². The molecular weight excluding hydrogens is 208 g/mol. The summed E-state index contributed by atoms with van der Waals surface area (Å²) < 4.78 is 2.31. The van der Waals surface area contributed by atoms with Crippen molar-refractivity contribution in [3.8, 4) is 0 Å². The van der Waals surface area contributed by atoms with E-state index >= 15 is 0 Å². The number of nitrogens with zero attached hydrogens (tertiary/aromatic N) is 1. The first-order valence-corrected chi connectivity index (χ1v) is 6.35. The van der Waals surface area contributed by atoms with Crippen molar-refractivity contribution in [2.75, 3.05) is 6.54 Å². The summed E-state index contributed by atoms with van der Waals surface area (Å²) in [6.07, 6.45) is 2.49. The first kappa shape index (κ1) is 10.8. The predicted octanol–water partition coefficient (Wildman–Crippen LogP) is 2.79. The van der Waals surface area contributed by atoms with Gasteiger partial charge >= 0.3 is 0 Å². The highest BCUT2D eigenvalue weighted by molar-refractivity contribution is 5.87. The first-order valence-electron chi connectivity index (χ1n) is 6.35. The molecule has 3 rings (SSSR count). The van der Waals surface area contributed by atoms with E-state index in [-0.39, 0.29) is 5.41 Å². The fourth-order valence-corrected chi connectivity index (χ4v) is 3.05. The average molecular weight is 228 g/mol. The molecule has 0 radical (unpaired) electrons. The Kier molecular flexibility index (Phi) is 2.14. The van der Waals surface area contributed by atoms with E-state index in [4.69, 9.17) is 5.73 Å². The first-order chi connectivity index (χ1) is 8.09. The summed E-state index contributed by atoms with van der Waals surface area (Å²) >= 11 is 0. The van der Waals surface area contributed by atoms with Crippen molar-refractivity contribution >= 4 is 10.9 Å². The molecule has 2 nitrogen and oxygen atoms in total. The number of hydrogen-bond acceptors (Lipinski definition) is 1. The zero-order chi connectivity index (χ0) is 12.2. The van der Waals surface area contributed by atoms with Crippen molar-refractivity contribution in [2.24, 2.45) is 12.8 Å². The maximum atomic E-state index is 5.99. The van der Waals surface area contributed by atoms with E-state index in [9.17, 15) is 0 Å². The number of benzene rings is 1. The van der Waals surface area contributed by atoms with Crippen molar-refractivity contribution in [1.82, 2.24) is 4.57 Å². The lowest BCUT2D eigenvalue weighted by atomic mass is 9.93. The van der Waals surface area contributed by atoms with Gasteiger partial charge in [0, 0.05) is 35.6 Å². The van der Waals surface area contributed by atoms with Crippen molar-refractivity contribution < 1.29 is 0 Å². The van der Waals surface area contributed by atoms with Crippen LogP contribution in [0, 0.1) is 13.8 Å². The Morgan fingerprint density at radius 3 is 2.59 bits per heavy atom. The summed E-state index contributed by atoms with van der Waals surface area (Å²) in [4.78, 5) is 0. The van der Waals surface area contributed by atoms with E-state index in [2.05, 4.69) is 43.7 Å². The SMILES string of the molecule is Cc1ccc2c(C3(CN)CC3)c(C)n(C)c2c1. The Labute approximate surface area is 102 Å². The van der Waals surface area contributed by atoms with E-state index in [1.165, 1.54) is 40.6 Å². The van der Waals surface area contributed by atoms with Gasteiger partial charge in [0.05, 0.1) is 0 Å². The van der Waals surface area contributed by atoms with E-state index in [1.807, 2.05) is 0 Å². The van der Waals surface area contributed by atoms with E-state index in [0.29, 0.717) is 0 Å². The molecule has 0 bridgehead atoms. The van der Waals surface area contributed by atoms with Gasteiger partial charge < -0.3 is 10.3 Å². The highest BCUT2D eigenvalue weighted by Gasteiger charge is 2.45. The average Bonchev–Trinajstić information content (AvgIpc) is 3.06. The molecule has 17 heavy (non-hydrogen) atoms. The van der Waals surface area contributed by atoms with Crippen LogP contribution in [0.4, 0.5) is 0 Å². The van der Waals surface area contributed by atoms with Crippen LogP contribution < -0.4 is 5.73 Å². The maximum Gasteiger partial charge on any atom is 0.0485 e. The van der Waals surface area contributed by atoms with E-state index in [1.54, 1.807) is 0 Å². The Hall–Kier alpha value is -1.28. The Bertz CT molecular complexity index is 588. The predicted molar refractivity (Wildman–Crippen MR) is 72.4 cm³/mol. The lowest BCUT2D eigenvalue weighted by molar-refractivity contribution is 0.697. The molecule has 1 aliphatic rings. The molecule has 0 aliphatic heterocycles. The number of aryl methyl sites for hydroxylation is 2. The molecule has 0 unspecified atom stereocenters. The fraction of sp³-hybridized carbons (Fsp3) is 0.467. The minimum atomic E-state index is 0.277. The lowest BCUT2D eigenvalue weighted by Gasteiger charge is -2.13. The second-order valence-electron chi connectivity index (χ2n) is 5.52. The number of hydrogen-bond donors (Lipinski definition) is 1. The summed E-state index contributed by atoms with van der Waals surface area (Å²) in [5, 5.41) is 1.40. The third kappa shape index (κ3) is 1.37. The normalized spacial score (nSPS) is 17.6. The molecule has 2 heteroatoms. The molecule has 0 amide bonds. The highest BCUT2D eigenvalue weighted by Crippen LogP contribution is 2.51. The highest BCUT2D eigenvalue weighted by atomic mass is 15.0. The van der Waals surface area contributed by atoms with E-state index < -0.39 is 0 Å². The van der Waals surface area contributed by atoms with Crippen LogP contribution in [-0.4, -0.2) is 11.1 Å². The molecule has 1 aliphatic carbocycles. The third-order valence-corrected chi connectivity index (χ3v) is 4.42. The summed E-state index contributed by atoms with van der Waals surface area (Å²) in [7, 11) is 2.16.